The molecule has 0 fully saturated rings. The Hall–Kier alpha value is -0.940. The van der Waals surface area contributed by atoms with Crippen molar-refractivity contribution < 1.29 is 9.90 Å². The van der Waals surface area contributed by atoms with Gasteiger partial charge in [0.2, 0.25) is 0 Å². The van der Waals surface area contributed by atoms with Crippen molar-refractivity contribution in [3.8, 4) is 0 Å². The van der Waals surface area contributed by atoms with Crippen molar-refractivity contribution in [1.29, 1.82) is 0 Å². The lowest BCUT2D eigenvalue weighted by atomic mass is 10.1. The second kappa shape index (κ2) is 5.23. The van der Waals surface area contributed by atoms with Crippen LogP contribution in [0.2, 0.25) is 0 Å². The Kier molecular flexibility index (Phi) is 4.23. The lowest BCUT2D eigenvalue weighted by Gasteiger charge is -2.02. The van der Waals surface area contributed by atoms with Crippen molar-refractivity contribution in [3.63, 3.8) is 0 Å². The molecule has 15 heavy (non-hydrogen) atoms. The smallest absolute Gasteiger partial charge is 0.320 e. The summed E-state index contributed by atoms with van der Waals surface area (Å²) in [4.78, 5) is 14.9. The van der Waals surface area contributed by atoms with Gasteiger partial charge in [-0.3, -0.25) is 4.79 Å². The number of thiazole rings is 1. The van der Waals surface area contributed by atoms with E-state index in [4.69, 9.17) is 10.8 Å². The molecule has 0 aromatic carbocycles. The molecule has 0 aliphatic carbocycles. The SMILES string of the molecule is CC(C)Cc1csc(CC(N)C(=O)O)n1. The number of carboxylic acid groups (broad SMARTS) is 1. The standard InChI is InChI=1S/C10H16N2O2S/c1-6(2)3-7-5-15-9(12-7)4-8(11)10(13)14/h5-6,8H,3-4,11H2,1-2H3,(H,13,14). The molecule has 1 atom stereocenters. The molecule has 0 radical (unpaired) electrons. The van der Waals surface area contributed by atoms with Crippen molar-refractivity contribution >= 4 is 17.3 Å². The van der Waals surface area contributed by atoms with Crippen LogP contribution in [0, 0.1) is 5.92 Å². The van der Waals surface area contributed by atoms with Crippen LogP contribution in [-0.2, 0) is 17.6 Å². The van der Waals surface area contributed by atoms with Gasteiger partial charge in [-0.2, -0.15) is 0 Å². The molecule has 0 bridgehead atoms. The van der Waals surface area contributed by atoms with Crippen molar-refractivity contribution in [2.75, 3.05) is 0 Å². The molecule has 0 aliphatic rings. The Morgan fingerprint density at radius 1 is 1.60 bits per heavy atom. The molecule has 3 N–H and O–H groups in total. The van der Waals surface area contributed by atoms with Gasteiger partial charge in [-0.25, -0.2) is 4.98 Å². The summed E-state index contributed by atoms with van der Waals surface area (Å²) in [7, 11) is 0. The molecule has 0 saturated heterocycles. The monoisotopic (exact) mass is 228 g/mol. The van der Waals surface area contributed by atoms with E-state index in [0.717, 1.165) is 17.1 Å². The van der Waals surface area contributed by atoms with E-state index in [2.05, 4.69) is 18.8 Å². The molecular weight excluding hydrogens is 212 g/mol. The third kappa shape index (κ3) is 3.97. The highest BCUT2D eigenvalue weighted by molar-refractivity contribution is 7.09. The Bertz CT molecular complexity index is 336. The maximum atomic E-state index is 10.5. The Balaban J connectivity index is 2.56. The van der Waals surface area contributed by atoms with Gasteiger partial charge in [-0.15, -0.1) is 11.3 Å². The van der Waals surface area contributed by atoms with Gasteiger partial charge in [-0.1, -0.05) is 13.8 Å². The molecule has 1 aromatic heterocycles. The van der Waals surface area contributed by atoms with Crippen LogP contribution in [0.4, 0.5) is 0 Å². The molecule has 0 saturated carbocycles. The predicted molar refractivity (Wildman–Crippen MR) is 60.0 cm³/mol. The summed E-state index contributed by atoms with van der Waals surface area (Å²) in [6.07, 6.45) is 1.25. The van der Waals surface area contributed by atoms with E-state index < -0.39 is 12.0 Å². The van der Waals surface area contributed by atoms with E-state index in [-0.39, 0.29) is 0 Å². The zero-order chi connectivity index (χ0) is 11.4. The van der Waals surface area contributed by atoms with E-state index in [1.54, 1.807) is 0 Å². The van der Waals surface area contributed by atoms with E-state index in [0.29, 0.717) is 12.3 Å². The van der Waals surface area contributed by atoms with E-state index in [1.807, 2.05) is 5.38 Å². The van der Waals surface area contributed by atoms with Gasteiger partial charge in [0, 0.05) is 11.8 Å². The summed E-state index contributed by atoms with van der Waals surface area (Å²) >= 11 is 1.48. The fourth-order valence-electron chi connectivity index (χ4n) is 1.23. The predicted octanol–water partition coefficient (Wildman–Crippen LogP) is 1.30. The number of hydrogen-bond acceptors (Lipinski definition) is 4. The lowest BCUT2D eigenvalue weighted by molar-refractivity contribution is -0.138. The van der Waals surface area contributed by atoms with Gasteiger partial charge in [0.1, 0.15) is 6.04 Å². The number of hydrogen-bond donors (Lipinski definition) is 2. The minimum Gasteiger partial charge on any atom is -0.480 e. The van der Waals surface area contributed by atoms with E-state index in [1.165, 1.54) is 11.3 Å². The zero-order valence-electron chi connectivity index (χ0n) is 8.93. The average molecular weight is 228 g/mol. The van der Waals surface area contributed by atoms with Crippen molar-refractivity contribution in [2.24, 2.45) is 11.7 Å². The number of carbonyl (C=O) groups is 1. The molecule has 5 heteroatoms. The van der Waals surface area contributed by atoms with Crippen LogP contribution in [0.25, 0.3) is 0 Å². The van der Waals surface area contributed by atoms with Crippen molar-refractivity contribution in [1.82, 2.24) is 4.98 Å². The van der Waals surface area contributed by atoms with Crippen LogP contribution in [-0.4, -0.2) is 22.1 Å². The van der Waals surface area contributed by atoms with Crippen LogP contribution >= 0.6 is 11.3 Å². The van der Waals surface area contributed by atoms with Gasteiger partial charge >= 0.3 is 5.97 Å². The first-order chi connectivity index (χ1) is 6.99. The van der Waals surface area contributed by atoms with Gasteiger partial charge in [0.05, 0.1) is 10.7 Å². The highest BCUT2D eigenvalue weighted by Gasteiger charge is 2.14. The number of nitrogens with zero attached hydrogens (tertiary/aromatic N) is 1. The molecule has 1 aromatic rings. The maximum Gasteiger partial charge on any atom is 0.320 e. The highest BCUT2D eigenvalue weighted by Crippen LogP contribution is 2.14. The number of aromatic nitrogens is 1. The summed E-state index contributed by atoms with van der Waals surface area (Å²) in [5.74, 6) is -0.413. The van der Waals surface area contributed by atoms with Gasteiger partial charge in [0.25, 0.3) is 0 Å². The number of rotatable bonds is 5. The fourth-order valence-corrected chi connectivity index (χ4v) is 2.10. The Morgan fingerprint density at radius 2 is 2.27 bits per heavy atom. The molecular formula is C10H16N2O2S. The average Bonchev–Trinajstić information content (AvgIpc) is 2.51. The van der Waals surface area contributed by atoms with Gasteiger partial charge in [-0.05, 0) is 12.3 Å². The van der Waals surface area contributed by atoms with E-state index in [9.17, 15) is 4.79 Å². The van der Waals surface area contributed by atoms with Crippen LogP contribution in [0.1, 0.15) is 24.5 Å². The number of carboxylic acids is 1. The summed E-state index contributed by atoms with van der Waals surface area (Å²) in [5.41, 5.74) is 6.46. The first-order valence-corrected chi connectivity index (χ1v) is 5.78. The minimum absolute atomic E-state index is 0.318. The fraction of sp³-hybridized carbons (Fsp3) is 0.600. The lowest BCUT2D eigenvalue weighted by Crippen LogP contribution is -2.32. The minimum atomic E-state index is -0.976. The summed E-state index contributed by atoms with van der Waals surface area (Å²) < 4.78 is 0. The molecule has 84 valence electrons. The molecule has 1 unspecified atom stereocenters. The molecule has 1 rings (SSSR count). The molecule has 0 aliphatic heterocycles. The van der Waals surface area contributed by atoms with E-state index >= 15 is 0 Å². The highest BCUT2D eigenvalue weighted by atomic mass is 32.1. The second-order valence-corrected chi connectivity index (χ2v) is 4.92. The normalized spacial score (nSPS) is 13.1. The molecule has 1 heterocycles. The first-order valence-electron chi connectivity index (χ1n) is 4.90. The first kappa shape index (κ1) is 12.1. The van der Waals surface area contributed by atoms with Crippen LogP contribution < -0.4 is 5.73 Å². The Morgan fingerprint density at radius 3 is 2.80 bits per heavy atom. The summed E-state index contributed by atoms with van der Waals surface area (Å²) in [6, 6.07) is -0.844. The van der Waals surface area contributed by atoms with Crippen LogP contribution in [0.15, 0.2) is 5.38 Å². The third-order valence-corrected chi connectivity index (χ3v) is 2.85. The van der Waals surface area contributed by atoms with Crippen molar-refractivity contribution in [2.45, 2.75) is 32.7 Å². The third-order valence-electron chi connectivity index (χ3n) is 1.93. The van der Waals surface area contributed by atoms with Crippen LogP contribution in [0.3, 0.4) is 0 Å². The Labute approximate surface area is 93.1 Å². The van der Waals surface area contributed by atoms with Gasteiger partial charge in [0.15, 0.2) is 0 Å². The quantitative estimate of drug-likeness (QED) is 0.796. The van der Waals surface area contributed by atoms with Crippen molar-refractivity contribution in [3.05, 3.63) is 16.1 Å². The molecule has 0 spiro atoms. The maximum absolute atomic E-state index is 10.5. The number of nitrogens with two attached hydrogens (primary N) is 1. The summed E-state index contributed by atoms with van der Waals surface area (Å²) in [5, 5.41) is 11.4. The summed E-state index contributed by atoms with van der Waals surface area (Å²) in [6.45, 7) is 4.25. The zero-order valence-corrected chi connectivity index (χ0v) is 9.75. The number of aliphatic carboxylic acids is 1. The molecule has 0 amide bonds. The topological polar surface area (TPSA) is 76.2 Å². The van der Waals surface area contributed by atoms with Crippen LogP contribution in [0.5, 0.6) is 0 Å². The van der Waals surface area contributed by atoms with Gasteiger partial charge < -0.3 is 10.8 Å². The molecule has 4 nitrogen and oxygen atoms in total. The largest absolute Gasteiger partial charge is 0.480 e. The second-order valence-electron chi connectivity index (χ2n) is 3.98.